The van der Waals surface area contributed by atoms with E-state index in [-0.39, 0.29) is 5.54 Å². The third kappa shape index (κ3) is 3.11. The Kier molecular flexibility index (Phi) is 3.53. The average molecular weight is 171 g/mol. The molecule has 0 aromatic rings. The molecule has 0 radical (unpaired) electrons. The Bertz CT molecular complexity index is 128. The molecule has 1 rings (SSSR count). The van der Waals surface area contributed by atoms with Gasteiger partial charge in [0.05, 0.1) is 0 Å². The second kappa shape index (κ2) is 4.24. The smallest absolute Gasteiger partial charge is 0.0468 e. The first-order valence-corrected chi connectivity index (χ1v) is 5.00. The third-order valence-electron chi connectivity index (χ3n) is 2.90. The Hall–Kier alpha value is -0.0800. The standard InChI is InChI=1S/C10H21NO/c1-3-10(2,11)8-9-4-6-12-7-5-9/h9H,3-8,11H2,1-2H3. The summed E-state index contributed by atoms with van der Waals surface area (Å²) < 4.78 is 5.31. The van der Waals surface area contributed by atoms with Gasteiger partial charge in [0.2, 0.25) is 0 Å². The minimum atomic E-state index is 0.0437. The summed E-state index contributed by atoms with van der Waals surface area (Å²) in [5, 5.41) is 0. The van der Waals surface area contributed by atoms with E-state index in [0.717, 1.165) is 32.0 Å². The van der Waals surface area contributed by atoms with Gasteiger partial charge in [-0.15, -0.1) is 0 Å². The molecule has 0 saturated carbocycles. The van der Waals surface area contributed by atoms with Crippen molar-refractivity contribution in [2.75, 3.05) is 13.2 Å². The van der Waals surface area contributed by atoms with Crippen LogP contribution in [-0.2, 0) is 4.74 Å². The summed E-state index contributed by atoms with van der Waals surface area (Å²) in [6.07, 6.45) is 4.64. The lowest BCUT2D eigenvalue weighted by Gasteiger charge is -2.30. The van der Waals surface area contributed by atoms with Crippen LogP contribution in [0.5, 0.6) is 0 Å². The second-order valence-electron chi connectivity index (χ2n) is 4.27. The average Bonchev–Trinajstić information content (AvgIpc) is 2.06. The lowest BCUT2D eigenvalue weighted by atomic mass is 9.84. The molecule has 1 aliphatic rings. The van der Waals surface area contributed by atoms with E-state index in [1.54, 1.807) is 0 Å². The Morgan fingerprint density at radius 3 is 2.50 bits per heavy atom. The zero-order valence-corrected chi connectivity index (χ0v) is 8.31. The highest BCUT2D eigenvalue weighted by atomic mass is 16.5. The van der Waals surface area contributed by atoms with Crippen molar-refractivity contribution < 1.29 is 4.74 Å². The van der Waals surface area contributed by atoms with Crippen LogP contribution in [-0.4, -0.2) is 18.8 Å². The largest absolute Gasteiger partial charge is 0.381 e. The topological polar surface area (TPSA) is 35.2 Å². The van der Waals surface area contributed by atoms with Gasteiger partial charge in [-0.05, 0) is 38.5 Å². The molecule has 1 fully saturated rings. The molecule has 1 heterocycles. The van der Waals surface area contributed by atoms with Gasteiger partial charge in [-0.1, -0.05) is 6.92 Å². The van der Waals surface area contributed by atoms with Crippen LogP contribution in [0.25, 0.3) is 0 Å². The quantitative estimate of drug-likeness (QED) is 0.704. The van der Waals surface area contributed by atoms with Gasteiger partial charge in [0, 0.05) is 18.8 Å². The molecule has 0 spiro atoms. The van der Waals surface area contributed by atoms with Crippen molar-refractivity contribution in [1.82, 2.24) is 0 Å². The van der Waals surface area contributed by atoms with Crippen molar-refractivity contribution in [2.24, 2.45) is 11.7 Å². The zero-order valence-electron chi connectivity index (χ0n) is 8.31. The number of hydrogen-bond donors (Lipinski definition) is 1. The SMILES string of the molecule is CCC(C)(N)CC1CCOCC1. The summed E-state index contributed by atoms with van der Waals surface area (Å²) in [5.74, 6) is 0.800. The van der Waals surface area contributed by atoms with Crippen LogP contribution in [0.1, 0.15) is 39.5 Å². The lowest BCUT2D eigenvalue weighted by Crippen LogP contribution is -2.38. The van der Waals surface area contributed by atoms with E-state index in [9.17, 15) is 0 Å². The molecule has 2 nitrogen and oxygen atoms in total. The maximum absolute atomic E-state index is 6.11. The normalized spacial score (nSPS) is 25.2. The summed E-state index contributed by atoms with van der Waals surface area (Å²) in [6.45, 7) is 6.19. The summed E-state index contributed by atoms with van der Waals surface area (Å²) in [4.78, 5) is 0. The van der Waals surface area contributed by atoms with E-state index >= 15 is 0 Å². The van der Waals surface area contributed by atoms with Gasteiger partial charge in [0.15, 0.2) is 0 Å². The van der Waals surface area contributed by atoms with Crippen LogP contribution >= 0.6 is 0 Å². The Morgan fingerprint density at radius 2 is 2.00 bits per heavy atom. The van der Waals surface area contributed by atoms with Crippen molar-refractivity contribution in [3.8, 4) is 0 Å². The summed E-state index contributed by atoms with van der Waals surface area (Å²) in [6, 6.07) is 0. The van der Waals surface area contributed by atoms with Gasteiger partial charge in [-0.3, -0.25) is 0 Å². The van der Waals surface area contributed by atoms with Crippen LogP contribution in [0.3, 0.4) is 0 Å². The minimum Gasteiger partial charge on any atom is -0.381 e. The van der Waals surface area contributed by atoms with Crippen molar-refractivity contribution in [3.05, 3.63) is 0 Å². The summed E-state index contributed by atoms with van der Waals surface area (Å²) in [5.41, 5.74) is 6.15. The molecule has 1 aliphatic heterocycles. The fourth-order valence-corrected chi connectivity index (χ4v) is 1.75. The number of rotatable bonds is 3. The maximum Gasteiger partial charge on any atom is 0.0468 e. The van der Waals surface area contributed by atoms with Gasteiger partial charge >= 0.3 is 0 Å². The highest BCUT2D eigenvalue weighted by Crippen LogP contribution is 2.25. The van der Waals surface area contributed by atoms with E-state index in [4.69, 9.17) is 10.5 Å². The van der Waals surface area contributed by atoms with Crippen molar-refractivity contribution in [1.29, 1.82) is 0 Å². The predicted molar refractivity (Wildman–Crippen MR) is 51.0 cm³/mol. The van der Waals surface area contributed by atoms with Gasteiger partial charge in [0.25, 0.3) is 0 Å². The van der Waals surface area contributed by atoms with E-state index in [1.165, 1.54) is 12.8 Å². The second-order valence-corrected chi connectivity index (χ2v) is 4.27. The van der Waals surface area contributed by atoms with Crippen LogP contribution in [0.15, 0.2) is 0 Å². The molecule has 0 aromatic heterocycles. The van der Waals surface area contributed by atoms with Gasteiger partial charge in [0.1, 0.15) is 0 Å². The van der Waals surface area contributed by atoms with E-state index in [2.05, 4.69) is 13.8 Å². The highest BCUT2D eigenvalue weighted by Gasteiger charge is 2.23. The maximum atomic E-state index is 6.11. The molecule has 1 saturated heterocycles. The predicted octanol–water partition coefficient (Wildman–Crippen LogP) is 1.93. The molecule has 0 aromatic carbocycles. The summed E-state index contributed by atoms with van der Waals surface area (Å²) >= 11 is 0. The minimum absolute atomic E-state index is 0.0437. The molecule has 0 amide bonds. The molecule has 1 unspecified atom stereocenters. The van der Waals surface area contributed by atoms with Gasteiger partial charge in [-0.2, -0.15) is 0 Å². The van der Waals surface area contributed by atoms with Crippen molar-refractivity contribution >= 4 is 0 Å². The first-order valence-electron chi connectivity index (χ1n) is 5.00. The molecule has 0 aliphatic carbocycles. The molecular formula is C10H21NO. The number of hydrogen-bond acceptors (Lipinski definition) is 2. The van der Waals surface area contributed by atoms with Crippen LogP contribution < -0.4 is 5.73 Å². The highest BCUT2D eigenvalue weighted by molar-refractivity contribution is 4.81. The first kappa shape index (κ1) is 10.0. The summed E-state index contributed by atoms with van der Waals surface area (Å²) in [7, 11) is 0. The Balaban J connectivity index is 2.28. The number of nitrogens with two attached hydrogens (primary N) is 1. The molecule has 0 bridgehead atoms. The van der Waals surface area contributed by atoms with Crippen LogP contribution in [0.2, 0.25) is 0 Å². The van der Waals surface area contributed by atoms with Crippen molar-refractivity contribution in [3.63, 3.8) is 0 Å². The van der Waals surface area contributed by atoms with E-state index in [0.29, 0.717) is 0 Å². The molecule has 2 N–H and O–H groups in total. The molecule has 12 heavy (non-hydrogen) atoms. The zero-order chi connectivity index (χ0) is 9.03. The van der Waals surface area contributed by atoms with Crippen molar-refractivity contribution in [2.45, 2.75) is 45.1 Å². The molecule has 72 valence electrons. The van der Waals surface area contributed by atoms with Gasteiger partial charge < -0.3 is 10.5 Å². The lowest BCUT2D eigenvalue weighted by molar-refractivity contribution is 0.0569. The van der Waals surface area contributed by atoms with E-state index in [1.807, 2.05) is 0 Å². The number of ether oxygens (including phenoxy) is 1. The monoisotopic (exact) mass is 171 g/mol. The molecular weight excluding hydrogens is 150 g/mol. The first-order chi connectivity index (χ1) is 5.64. The van der Waals surface area contributed by atoms with Crippen LogP contribution in [0, 0.1) is 5.92 Å². The van der Waals surface area contributed by atoms with Crippen LogP contribution in [0.4, 0.5) is 0 Å². The Labute approximate surface area is 75.5 Å². The molecule has 1 atom stereocenters. The Morgan fingerprint density at radius 1 is 1.42 bits per heavy atom. The van der Waals surface area contributed by atoms with Gasteiger partial charge in [-0.25, -0.2) is 0 Å². The fourth-order valence-electron chi connectivity index (χ4n) is 1.75. The fraction of sp³-hybridized carbons (Fsp3) is 1.00. The molecule has 2 heteroatoms. The third-order valence-corrected chi connectivity index (χ3v) is 2.90. The van der Waals surface area contributed by atoms with E-state index < -0.39 is 0 Å².